The highest BCUT2D eigenvalue weighted by molar-refractivity contribution is 6.36. The lowest BCUT2D eigenvalue weighted by Gasteiger charge is -2.14. The van der Waals surface area contributed by atoms with E-state index in [1.54, 1.807) is 6.07 Å². The summed E-state index contributed by atoms with van der Waals surface area (Å²) in [5.74, 6) is 0.734. The van der Waals surface area contributed by atoms with Gasteiger partial charge in [0.15, 0.2) is 11.3 Å². The molecule has 0 aliphatic carbocycles. The van der Waals surface area contributed by atoms with E-state index in [1.807, 2.05) is 36.4 Å². The van der Waals surface area contributed by atoms with Crippen molar-refractivity contribution >= 4 is 45.5 Å². The quantitative estimate of drug-likeness (QED) is 0.479. The van der Waals surface area contributed by atoms with Crippen LogP contribution in [0, 0.1) is 0 Å². The maximum atomic E-state index is 6.48. The Hall–Kier alpha value is -2.21. The van der Waals surface area contributed by atoms with E-state index >= 15 is 0 Å². The molecule has 1 saturated heterocycles. The summed E-state index contributed by atoms with van der Waals surface area (Å²) in [5, 5.41) is 1.14. The number of para-hydroxylation sites is 2. The molecule has 5 nitrogen and oxygen atoms in total. The van der Waals surface area contributed by atoms with E-state index in [4.69, 9.17) is 42.9 Å². The molecule has 2 aromatic heterocycles. The van der Waals surface area contributed by atoms with Crippen LogP contribution in [0.25, 0.3) is 33.7 Å². The first-order chi connectivity index (χ1) is 13.2. The summed E-state index contributed by atoms with van der Waals surface area (Å²) in [6.45, 7) is 1.46. The number of imidazole rings is 1. The van der Waals surface area contributed by atoms with Gasteiger partial charge in [-0.2, -0.15) is 0 Å². The average Bonchev–Trinajstić information content (AvgIpc) is 3.29. The smallest absolute Gasteiger partial charge is 0.198 e. The fourth-order valence-corrected chi connectivity index (χ4v) is 4.03. The van der Waals surface area contributed by atoms with Crippen molar-refractivity contribution in [2.75, 3.05) is 6.61 Å². The minimum atomic E-state index is 0.139. The van der Waals surface area contributed by atoms with Gasteiger partial charge in [-0.1, -0.05) is 35.3 Å². The average molecular weight is 399 g/mol. The van der Waals surface area contributed by atoms with Crippen molar-refractivity contribution in [3.63, 3.8) is 0 Å². The number of benzene rings is 2. The van der Waals surface area contributed by atoms with E-state index in [0.717, 1.165) is 47.5 Å². The molecule has 2 aromatic carbocycles. The number of aromatic nitrogens is 4. The molecule has 3 heterocycles. The molecule has 136 valence electrons. The van der Waals surface area contributed by atoms with Crippen LogP contribution in [0.4, 0.5) is 0 Å². The summed E-state index contributed by atoms with van der Waals surface area (Å²) in [5.41, 5.74) is 3.81. The van der Waals surface area contributed by atoms with Gasteiger partial charge in [0.25, 0.3) is 0 Å². The summed E-state index contributed by atoms with van der Waals surface area (Å²) in [6.07, 6.45) is 2.23. The molecular formula is C20H16Cl2N4O. The van der Waals surface area contributed by atoms with Crippen LogP contribution < -0.4 is 0 Å². The van der Waals surface area contributed by atoms with E-state index in [9.17, 15) is 0 Å². The summed E-state index contributed by atoms with van der Waals surface area (Å²) in [4.78, 5) is 14.3. The van der Waals surface area contributed by atoms with Gasteiger partial charge in [0.05, 0.1) is 28.7 Å². The molecule has 0 amide bonds. The zero-order chi connectivity index (χ0) is 18.4. The van der Waals surface area contributed by atoms with Gasteiger partial charge in [-0.25, -0.2) is 15.0 Å². The fraction of sp³-hybridized carbons (Fsp3) is 0.250. The predicted octanol–water partition coefficient (Wildman–Crippen LogP) is 5.13. The van der Waals surface area contributed by atoms with E-state index in [0.29, 0.717) is 22.2 Å². The third-order valence-electron chi connectivity index (χ3n) is 4.84. The first kappa shape index (κ1) is 16.9. The molecule has 27 heavy (non-hydrogen) atoms. The Labute approximate surface area is 165 Å². The van der Waals surface area contributed by atoms with Crippen molar-refractivity contribution in [2.45, 2.75) is 25.5 Å². The first-order valence-corrected chi connectivity index (χ1v) is 9.65. The molecule has 1 atom stereocenters. The van der Waals surface area contributed by atoms with Gasteiger partial charge in [0.2, 0.25) is 0 Å². The topological polar surface area (TPSA) is 52.8 Å². The van der Waals surface area contributed by atoms with Crippen molar-refractivity contribution in [3.05, 3.63) is 52.5 Å². The molecule has 1 aliphatic rings. The highest BCUT2D eigenvalue weighted by Gasteiger charge is 2.23. The van der Waals surface area contributed by atoms with Crippen LogP contribution in [-0.2, 0) is 11.3 Å². The maximum Gasteiger partial charge on any atom is 0.198 e. The molecule has 1 unspecified atom stereocenters. The fourth-order valence-electron chi connectivity index (χ4n) is 3.54. The third kappa shape index (κ3) is 3.06. The molecule has 7 heteroatoms. The zero-order valence-corrected chi connectivity index (χ0v) is 15.9. The van der Waals surface area contributed by atoms with Gasteiger partial charge in [0.1, 0.15) is 5.82 Å². The Morgan fingerprint density at radius 2 is 1.85 bits per heavy atom. The van der Waals surface area contributed by atoms with E-state index in [-0.39, 0.29) is 6.10 Å². The van der Waals surface area contributed by atoms with Crippen molar-refractivity contribution in [1.29, 1.82) is 0 Å². The number of halogens is 2. The number of rotatable bonds is 3. The summed E-state index contributed by atoms with van der Waals surface area (Å²) in [6, 6.07) is 13.2. The van der Waals surface area contributed by atoms with Gasteiger partial charge < -0.3 is 9.30 Å². The number of hydrogen-bond donors (Lipinski definition) is 0. The van der Waals surface area contributed by atoms with Gasteiger partial charge in [-0.15, -0.1) is 0 Å². The highest BCUT2D eigenvalue weighted by Crippen LogP contribution is 2.32. The summed E-state index contributed by atoms with van der Waals surface area (Å²) >= 11 is 12.6. The Kier molecular flexibility index (Phi) is 4.23. The highest BCUT2D eigenvalue weighted by atomic mass is 35.5. The van der Waals surface area contributed by atoms with Gasteiger partial charge in [-0.3, -0.25) is 0 Å². The number of hydrogen-bond acceptors (Lipinski definition) is 4. The molecule has 1 aliphatic heterocycles. The molecule has 0 radical (unpaired) electrons. The van der Waals surface area contributed by atoms with E-state index in [2.05, 4.69) is 4.57 Å². The zero-order valence-electron chi connectivity index (χ0n) is 14.4. The van der Waals surface area contributed by atoms with Crippen LogP contribution in [0.15, 0.2) is 42.5 Å². The molecule has 5 rings (SSSR count). The second kappa shape index (κ2) is 6.75. The van der Waals surface area contributed by atoms with Crippen molar-refractivity contribution in [2.24, 2.45) is 0 Å². The van der Waals surface area contributed by atoms with E-state index in [1.165, 1.54) is 0 Å². The molecule has 0 spiro atoms. The van der Waals surface area contributed by atoms with Crippen LogP contribution in [0.2, 0.25) is 10.0 Å². The van der Waals surface area contributed by atoms with E-state index < -0.39 is 0 Å². The first-order valence-electron chi connectivity index (χ1n) is 8.89. The lowest BCUT2D eigenvalue weighted by molar-refractivity contribution is 0.0981. The SMILES string of the molecule is Clc1ccc(-c2nc3nc4ccccc4nc3n2CC2CCCO2)c(Cl)c1. The Morgan fingerprint density at radius 3 is 2.59 bits per heavy atom. The van der Waals surface area contributed by atoms with Gasteiger partial charge >= 0.3 is 0 Å². The van der Waals surface area contributed by atoms with Crippen LogP contribution in [0.1, 0.15) is 12.8 Å². The number of nitrogens with zero attached hydrogens (tertiary/aromatic N) is 4. The van der Waals surface area contributed by atoms with Crippen LogP contribution in [0.5, 0.6) is 0 Å². The summed E-state index contributed by atoms with van der Waals surface area (Å²) in [7, 11) is 0. The Bertz CT molecular complexity index is 1150. The predicted molar refractivity (Wildman–Crippen MR) is 107 cm³/mol. The monoisotopic (exact) mass is 398 g/mol. The van der Waals surface area contributed by atoms with Crippen LogP contribution in [-0.4, -0.2) is 32.2 Å². The molecule has 0 saturated carbocycles. The minimum Gasteiger partial charge on any atom is -0.376 e. The Morgan fingerprint density at radius 1 is 1.04 bits per heavy atom. The van der Waals surface area contributed by atoms with Crippen molar-refractivity contribution in [1.82, 2.24) is 19.5 Å². The largest absolute Gasteiger partial charge is 0.376 e. The lowest BCUT2D eigenvalue weighted by atomic mass is 10.2. The minimum absolute atomic E-state index is 0.139. The number of fused-ring (bicyclic) bond motifs is 2. The second-order valence-corrected chi connectivity index (χ2v) is 7.51. The van der Waals surface area contributed by atoms with Crippen LogP contribution >= 0.6 is 23.2 Å². The van der Waals surface area contributed by atoms with Crippen LogP contribution in [0.3, 0.4) is 0 Å². The normalized spacial score (nSPS) is 17.2. The van der Waals surface area contributed by atoms with Crippen molar-refractivity contribution in [3.8, 4) is 11.4 Å². The summed E-state index contributed by atoms with van der Waals surface area (Å²) < 4.78 is 7.92. The van der Waals surface area contributed by atoms with Gasteiger partial charge in [0, 0.05) is 17.2 Å². The second-order valence-electron chi connectivity index (χ2n) is 6.66. The molecular weight excluding hydrogens is 383 g/mol. The van der Waals surface area contributed by atoms with Crippen molar-refractivity contribution < 1.29 is 4.74 Å². The molecule has 4 aromatic rings. The molecule has 0 N–H and O–H groups in total. The maximum absolute atomic E-state index is 6.48. The third-order valence-corrected chi connectivity index (χ3v) is 5.39. The Balaban J connectivity index is 1.75. The van der Waals surface area contributed by atoms with Gasteiger partial charge in [-0.05, 0) is 43.2 Å². The lowest BCUT2D eigenvalue weighted by Crippen LogP contribution is -2.16. The standard InChI is InChI=1S/C20H16Cl2N4O/c21-12-7-8-14(15(22)10-12)19-25-18-20(26(19)11-13-4-3-9-27-13)24-17-6-2-1-5-16(17)23-18/h1-2,5-8,10,13H,3-4,9,11H2. The molecule has 0 bridgehead atoms. The molecule has 1 fully saturated rings. The number of ether oxygens (including phenoxy) is 1.